The van der Waals surface area contributed by atoms with Gasteiger partial charge >= 0.3 is 5.66 Å². The topological polar surface area (TPSA) is 42.4 Å². The van der Waals surface area contributed by atoms with E-state index in [1.807, 2.05) is 19.9 Å². The van der Waals surface area contributed by atoms with Gasteiger partial charge in [-0.3, -0.25) is 4.85 Å². The number of benzene rings is 1. The largest absolute Gasteiger partial charge is 0.392 e. The van der Waals surface area contributed by atoms with Gasteiger partial charge < -0.3 is 5.11 Å². The van der Waals surface area contributed by atoms with Gasteiger partial charge in [-0.05, 0) is 30.2 Å². The van der Waals surface area contributed by atoms with Crippen LogP contribution in [0.5, 0.6) is 0 Å². The zero-order valence-corrected chi connectivity index (χ0v) is 13.7. The molecule has 4 nitrogen and oxygen atoms in total. The van der Waals surface area contributed by atoms with E-state index in [1.165, 1.54) is 12.1 Å². The molecule has 120 valence electrons. The van der Waals surface area contributed by atoms with E-state index < -0.39 is 17.6 Å². The molecule has 2 aromatic rings. The summed E-state index contributed by atoms with van der Waals surface area (Å²) in [6.07, 6.45) is 0.292. The molecule has 6 heteroatoms. The lowest BCUT2D eigenvalue weighted by Gasteiger charge is -2.35. The minimum atomic E-state index is -0.818. The van der Waals surface area contributed by atoms with Gasteiger partial charge in [0.15, 0.2) is 0 Å². The van der Waals surface area contributed by atoms with Crippen molar-refractivity contribution in [3.63, 3.8) is 0 Å². The van der Waals surface area contributed by atoms with Crippen LogP contribution in [0.3, 0.4) is 0 Å². The molecule has 1 heterocycles. The Morgan fingerprint density at radius 3 is 2.65 bits per heavy atom. The van der Waals surface area contributed by atoms with Crippen LogP contribution in [0.15, 0.2) is 24.3 Å². The van der Waals surface area contributed by atoms with Gasteiger partial charge in [0.1, 0.15) is 5.82 Å². The molecule has 1 aliphatic carbocycles. The van der Waals surface area contributed by atoms with E-state index in [0.29, 0.717) is 24.1 Å². The summed E-state index contributed by atoms with van der Waals surface area (Å²) >= 11 is 5.86. The van der Waals surface area contributed by atoms with Crippen LogP contribution in [0.1, 0.15) is 38.3 Å². The maximum absolute atomic E-state index is 13.4. The number of nitrogens with zero attached hydrogens (tertiary/aromatic N) is 3. The van der Waals surface area contributed by atoms with Crippen LogP contribution in [-0.4, -0.2) is 21.0 Å². The van der Waals surface area contributed by atoms with Gasteiger partial charge in [-0.25, -0.2) is 11.0 Å². The molecule has 0 amide bonds. The molecule has 1 N–H and O–H groups in total. The molecule has 0 unspecified atom stereocenters. The maximum atomic E-state index is 13.4. The quantitative estimate of drug-likeness (QED) is 0.856. The second kappa shape index (κ2) is 5.63. The van der Waals surface area contributed by atoms with E-state index >= 15 is 0 Å². The molecule has 0 radical (unpaired) electrons. The Morgan fingerprint density at radius 1 is 1.43 bits per heavy atom. The molecule has 1 aromatic heterocycles. The van der Waals surface area contributed by atoms with Crippen molar-refractivity contribution in [1.82, 2.24) is 9.78 Å². The summed E-state index contributed by atoms with van der Waals surface area (Å²) < 4.78 is 15.1. The van der Waals surface area contributed by atoms with Gasteiger partial charge in [-0.1, -0.05) is 25.4 Å². The minimum absolute atomic E-state index is 0.0436. The Hall–Kier alpha value is -1.90. The number of aliphatic hydroxyl groups excluding tert-OH is 1. The monoisotopic (exact) mass is 333 g/mol. The van der Waals surface area contributed by atoms with Gasteiger partial charge in [-0.15, -0.1) is 0 Å². The van der Waals surface area contributed by atoms with Crippen molar-refractivity contribution >= 4 is 11.6 Å². The second-order valence-electron chi connectivity index (χ2n) is 6.31. The van der Waals surface area contributed by atoms with Crippen molar-refractivity contribution in [2.45, 2.75) is 44.4 Å². The van der Waals surface area contributed by atoms with Gasteiger partial charge in [0, 0.05) is 11.3 Å². The Kier molecular flexibility index (Phi) is 3.91. The molecule has 23 heavy (non-hydrogen) atoms. The van der Waals surface area contributed by atoms with E-state index in [9.17, 15) is 9.50 Å². The summed E-state index contributed by atoms with van der Waals surface area (Å²) in [4.78, 5) is 3.73. The van der Waals surface area contributed by atoms with E-state index in [2.05, 4.69) is 9.94 Å². The molecule has 1 fully saturated rings. The highest BCUT2D eigenvalue weighted by Gasteiger charge is 2.54. The highest BCUT2D eigenvalue weighted by Crippen LogP contribution is 2.43. The lowest BCUT2D eigenvalue weighted by atomic mass is 9.82. The smallest absolute Gasteiger partial charge is 0.330 e. The molecule has 1 aliphatic rings. The molecule has 0 saturated heterocycles. The summed E-state index contributed by atoms with van der Waals surface area (Å²) in [6, 6.07) is 6.38. The first-order valence-corrected chi connectivity index (χ1v) is 7.86. The third-order valence-corrected chi connectivity index (χ3v) is 4.56. The van der Waals surface area contributed by atoms with Gasteiger partial charge in [0.25, 0.3) is 0 Å². The standard InChI is InChI=1S/C17H17ClFN3O/c1-10(2)16-7-15(11-4-5-14(19)13(18)6-11)21-22(16)17(20-3)8-12(23)9-17/h4-7,10,12,23H,8-9H2,1-2H3. The molecule has 1 aromatic carbocycles. The molecule has 0 bridgehead atoms. The average molecular weight is 334 g/mol. The Bertz CT molecular complexity index is 788. The fourth-order valence-corrected chi connectivity index (χ4v) is 3.12. The Morgan fingerprint density at radius 2 is 2.13 bits per heavy atom. The highest BCUT2D eigenvalue weighted by molar-refractivity contribution is 6.31. The van der Waals surface area contributed by atoms with Crippen molar-refractivity contribution in [3.05, 3.63) is 52.2 Å². The molecule has 0 atom stereocenters. The summed E-state index contributed by atoms with van der Waals surface area (Å²) in [7, 11) is 0. The number of rotatable bonds is 3. The normalized spacial score (nSPS) is 23.6. The average Bonchev–Trinajstić information content (AvgIpc) is 2.92. The zero-order valence-electron chi connectivity index (χ0n) is 12.9. The van der Waals surface area contributed by atoms with Crippen molar-refractivity contribution in [2.24, 2.45) is 0 Å². The first kappa shape index (κ1) is 16.0. The van der Waals surface area contributed by atoms with Crippen LogP contribution < -0.4 is 0 Å². The van der Waals surface area contributed by atoms with E-state index in [-0.39, 0.29) is 10.9 Å². The third-order valence-electron chi connectivity index (χ3n) is 4.27. The summed E-state index contributed by atoms with van der Waals surface area (Å²) in [5.74, 6) is -0.304. The van der Waals surface area contributed by atoms with Crippen molar-refractivity contribution in [1.29, 1.82) is 0 Å². The van der Waals surface area contributed by atoms with E-state index in [4.69, 9.17) is 18.2 Å². The van der Waals surface area contributed by atoms with Gasteiger partial charge in [-0.2, -0.15) is 9.78 Å². The van der Waals surface area contributed by atoms with Crippen LogP contribution in [0.4, 0.5) is 4.39 Å². The SMILES string of the molecule is [C-]#[N+]C1(n2nc(-c3ccc(F)c(Cl)c3)cc2C(C)C)CC(O)C1. The Labute approximate surface area is 139 Å². The summed E-state index contributed by atoms with van der Waals surface area (Å²) in [5.41, 5.74) is 1.46. The summed E-state index contributed by atoms with van der Waals surface area (Å²) in [6.45, 7) is 11.6. The molecule has 3 rings (SSSR count). The van der Waals surface area contributed by atoms with Crippen LogP contribution >= 0.6 is 11.6 Å². The fourth-order valence-electron chi connectivity index (χ4n) is 2.94. The molecule has 1 saturated carbocycles. The van der Waals surface area contributed by atoms with Gasteiger partial charge in [0.05, 0.1) is 29.7 Å². The summed E-state index contributed by atoms with van der Waals surface area (Å²) in [5, 5.41) is 14.3. The van der Waals surface area contributed by atoms with Crippen LogP contribution in [-0.2, 0) is 5.66 Å². The highest BCUT2D eigenvalue weighted by atomic mass is 35.5. The number of aromatic nitrogens is 2. The van der Waals surface area contributed by atoms with Crippen molar-refractivity contribution in [3.8, 4) is 11.3 Å². The van der Waals surface area contributed by atoms with E-state index in [1.54, 1.807) is 10.7 Å². The van der Waals surface area contributed by atoms with Crippen LogP contribution in [0, 0.1) is 12.4 Å². The first-order valence-electron chi connectivity index (χ1n) is 7.49. The predicted octanol–water partition coefficient (Wildman–Crippen LogP) is 4.19. The van der Waals surface area contributed by atoms with Gasteiger partial charge in [0.2, 0.25) is 0 Å². The number of halogens is 2. The van der Waals surface area contributed by atoms with Crippen LogP contribution in [0.25, 0.3) is 16.1 Å². The predicted molar refractivity (Wildman–Crippen MR) is 86.5 cm³/mol. The van der Waals surface area contributed by atoms with Crippen LogP contribution in [0.2, 0.25) is 5.02 Å². The lowest BCUT2D eigenvalue weighted by Crippen LogP contribution is -2.48. The minimum Gasteiger partial charge on any atom is -0.392 e. The zero-order chi connectivity index (χ0) is 16.8. The number of hydrogen-bond acceptors (Lipinski definition) is 2. The van der Waals surface area contributed by atoms with E-state index in [0.717, 1.165) is 5.69 Å². The molecule has 0 aliphatic heterocycles. The molecular weight excluding hydrogens is 317 g/mol. The second-order valence-corrected chi connectivity index (χ2v) is 6.71. The van der Waals surface area contributed by atoms with Crippen molar-refractivity contribution < 1.29 is 9.50 Å². The maximum Gasteiger partial charge on any atom is 0.330 e. The number of hydrogen-bond donors (Lipinski definition) is 1. The fraction of sp³-hybridized carbons (Fsp3) is 0.412. The Balaban J connectivity index is 2.09. The third kappa shape index (κ3) is 2.62. The lowest BCUT2D eigenvalue weighted by molar-refractivity contribution is -0.00358. The molecular formula is C17H17ClFN3O. The molecule has 0 spiro atoms. The van der Waals surface area contributed by atoms with Crippen molar-refractivity contribution in [2.75, 3.05) is 0 Å². The first-order chi connectivity index (χ1) is 10.9. The number of aliphatic hydroxyl groups is 1.